The number of hydrogen-bond acceptors (Lipinski definition) is 5. The summed E-state index contributed by atoms with van der Waals surface area (Å²) in [6, 6.07) is 16.6. The second-order valence-electron chi connectivity index (χ2n) is 7.72. The predicted molar refractivity (Wildman–Crippen MR) is 126 cm³/mol. The smallest absolute Gasteiger partial charge is 0.295 e. The van der Waals surface area contributed by atoms with Crippen molar-refractivity contribution in [2.45, 2.75) is 25.9 Å². The van der Waals surface area contributed by atoms with E-state index in [1.54, 1.807) is 67.0 Å². The molecule has 0 saturated carbocycles. The number of halogens is 1. The quantitative estimate of drug-likeness (QED) is 0.298. The van der Waals surface area contributed by atoms with Crippen LogP contribution in [0.3, 0.4) is 0 Å². The minimum Gasteiger partial charge on any atom is -0.507 e. The highest BCUT2D eigenvalue weighted by atomic mass is 35.5. The number of benzene rings is 2. The lowest BCUT2D eigenvalue weighted by molar-refractivity contribution is -0.140. The molecule has 1 atom stereocenters. The third-order valence-electron chi connectivity index (χ3n) is 5.36. The Kier molecular flexibility index (Phi) is 6.75. The second kappa shape index (κ2) is 9.88. The summed E-state index contributed by atoms with van der Waals surface area (Å²) in [4.78, 5) is 31.8. The topological polar surface area (TPSA) is 79.7 Å². The maximum atomic E-state index is 13.2. The van der Waals surface area contributed by atoms with Gasteiger partial charge in [0.2, 0.25) is 0 Å². The number of amides is 1. The zero-order valence-electron chi connectivity index (χ0n) is 18.1. The number of aliphatic hydroxyl groups excluding tert-OH is 1. The van der Waals surface area contributed by atoms with Crippen molar-refractivity contribution in [1.29, 1.82) is 0 Å². The number of aliphatic hydroxyl groups is 1. The number of likely N-dealkylation sites (tertiary alicyclic amines) is 1. The van der Waals surface area contributed by atoms with Gasteiger partial charge in [0.15, 0.2) is 0 Å². The van der Waals surface area contributed by atoms with E-state index in [0.29, 0.717) is 28.5 Å². The van der Waals surface area contributed by atoms with Gasteiger partial charge in [-0.05, 0) is 47.9 Å². The second-order valence-corrected chi connectivity index (χ2v) is 8.16. The van der Waals surface area contributed by atoms with Crippen LogP contribution in [-0.2, 0) is 16.1 Å². The lowest BCUT2D eigenvalue weighted by Gasteiger charge is -2.25. The standard InChI is InChI=1S/C26H23ClN2O4/c1-2-12-33-21-10-4-8-19(14-21)24(30)22-23(18-7-3-9-20(27)13-18)29(26(32)25(22)31)16-17-6-5-11-28-15-17/h3-11,13-15,23,30H,2,12,16H2,1H3. The Labute approximate surface area is 197 Å². The highest BCUT2D eigenvalue weighted by Gasteiger charge is 2.46. The molecule has 168 valence electrons. The van der Waals surface area contributed by atoms with Crippen molar-refractivity contribution in [1.82, 2.24) is 9.88 Å². The Morgan fingerprint density at radius 2 is 1.94 bits per heavy atom. The van der Waals surface area contributed by atoms with Crippen LogP contribution in [0.5, 0.6) is 5.75 Å². The molecule has 0 aliphatic carbocycles. The molecule has 4 rings (SSSR count). The molecule has 2 aromatic carbocycles. The normalized spacial score (nSPS) is 17.4. The number of ketones is 1. The zero-order chi connectivity index (χ0) is 23.4. The van der Waals surface area contributed by atoms with Gasteiger partial charge in [-0.1, -0.05) is 48.9 Å². The van der Waals surface area contributed by atoms with Gasteiger partial charge < -0.3 is 14.7 Å². The maximum absolute atomic E-state index is 13.2. The SMILES string of the molecule is CCCOc1cccc(C(O)=C2C(=O)C(=O)N(Cc3cccnc3)C2c2cccc(Cl)c2)c1. The molecule has 0 radical (unpaired) electrons. The fraction of sp³-hybridized carbons (Fsp3) is 0.192. The molecule has 6 nitrogen and oxygen atoms in total. The van der Waals surface area contributed by atoms with Crippen molar-refractivity contribution in [2.75, 3.05) is 6.61 Å². The molecule has 3 aromatic rings. The minimum atomic E-state index is -0.802. The fourth-order valence-corrected chi connectivity index (χ4v) is 4.06. The Bertz CT molecular complexity index is 1210. The third-order valence-corrected chi connectivity index (χ3v) is 5.60. The van der Waals surface area contributed by atoms with Gasteiger partial charge in [0.1, 0.15) is 11.5 Å². The fourth-order valence-electron chi connectivity index (χ4n) is 3.86. The minimum absolute atomic E-state index is 0.0128. The summed E-state index contributed by atoms with van der Waals surface area (Å²) in [5.74, 6) is -1.12. The first-order chi connectivity index (χ1) is 16.0. The van der Waals surface area contributed by atoms with Crippen LogP contribution in [0.15, 0.2) is 78.6 Å². The molecule has 1 aromatic heterocycles. The Hall–Kier alpha value is -3.64. The molecular weight excluding hydrogens is 440 g/mol. The molecule has 1 fully saturated rings. The van der Waals surface area contributed by atoms with Crippen molar-refractivity contribution >= 4 is 29.1 Å². The van der Waals surface area contributed by atoms with Gasteiger partial charge in [-0.2, -0.15) is 0 Å². The third kappa shape index (κ3) is 4.76. The molecule has 1 amide bonds. The van der Waals surface area contributed by atoms with Crippen molar-refractivity contribution in [3.63, 3.8) is 0 Å². The van der Waals surface area contributed by atoms with E-state index in [9.17, 15) is 14.7 Å². The highest BCUT2D eigenvalue weighted by Crippen LogP contribution is 2.41. The Morgan fingerprint density at radius 1 is 1.12 bits per heavy atom. The Balaban J connectivity index is 1.83. The average Bonchev–Trinajstić information content (AvgIpc) is 3.08. The van der Waals surface area contributed by atoms with E-state index in [4.69, 9.17) is 16.3 Å². The molecule has 33 heavy (non-hydrogen) atoms. The van der Waals surface area contributed by atoms with E-state index in [1.807, 2.05) is 13.0 Å². The van der Waals surface area contributed by atoms with Crippen LogP contribution < -0.4 is 4.74 Å². The van der Waals surface area contributed by atoms with E-state index in [1.165, 1.54) is 4.90 Å². The van der Waals surface area contributed by atoms with Crippen LogP contribution in [0.2, 0.25) is 5.02 Å². The van der Waals surface area contributed by atoms with Crippen molar-refractivity contribution < 1.29 is 19.4 Å². The molecule has 1 unspecified atom stereocenters. The molecule has 1 N–H and O–H groups in total. The summed E-state index contributed by atoms with van der Waals surface area (Å²) >= 11 is 6.22. The molecule has 7 heteroatoms. The number of pyridine rings is 1. The summed E-state index contributed by atoms with van der Waals surface area (Å²) in [6.45, 7) is 2.69. The van der Waals surface area contributed by atoms with Gasteiger partial charge in [-0.3, -0.25) is 14.6 Å². The molecule has 0 bridgehead atoms. The summed E-state index contributed by atoms with van der Waals surface area (Å²) in [6.07, 6.45) is 4.12. The van der Waals surface area contributed by atoms with E-state index in [0.717, 1.165) is 12.0 Å². The Morgan fingerprint density at radius 3 is 2.67 bits per heavy atom. The van der Waals surface area contributed by atoms with Gasteiger partial charge >= 0.3 is 0 Å². The molecule has 2 heterocycles. The number of rotatable bonds is 7. The number of hydrogen-bond donors (Lipinski definition) is 1. The van der Waals surface area contributed by atoms with Crippen LogP contribution >= 0.6 is 11.6 Å². The van der Waals surface area contributed by atoms with Gasteiger partial charge in [0.25, 0.3) is 11.7 Å². The van der Waals surface area contributed by atoms with Gasteiger partial charge in [0.05, 0.1) is 18.2 Å². The monoisotopic (exact) mass is 462 g/mol. The van der Waals surface area contributed by atoms with Gasteiger partial charge in [0, 0.05) is 29.5 Å². The van der Waals surface area contributed by atoms with Crippen molar-refractivity contribution in [3.05, 3.63) is 100 Å². The lowest BCUT2D eigenvalue weighted by Crippen LogP contribution is -2.29. The maximum Gasteiger partial charge on any atom is 0.295 e. The summed E-state index contributed by atoms with van der Waals surface area (Å²) < 4.78 is 5.66. The zero-order valence-corrected chi connectivity index (χ0v) is 18.8. The molecule has 1 saturated heterocycles. The number of nitrogens with zero attached hydrogens (tertiary/aromatic N) is 2. The first-order valence-corrected chi connectivity index (χ1v) is 11.0. The summed E-state index contributed by atoms with van der Waals surface area (Å²) in [5, 5.41) is 11.7. The van der Waals surface area contributed by atoms with Crippen LogP contribution in [0, 0.1) is 0 Å². The van der Waals surface area contributed by atoms with Gasteiger partial charge in [-0.25, -0.2) is 0 Å². The summed E-state index contributed by atoms with van der Waals surface area (Å²) in [7, 11) is 0. The molecular formula is C26H23ClN2O4. The van der Waals surface area contributed by atoms with E-state index in [-0.39, 0.29) is 17.9 Å². The van der Waals surface area contributed by atoms with Crippen molar-refractivity contribution in [2.24, 2.45) is 0 Å². The predicted octanol–water partition coefficient (Wildman–Crippen LogP) is 5.15. The first-order valence-electron chi connectivity index (χ1n) is 10.7. The number of Topliss-reactive ketones (excluding diaryl/α,β-unsaturated/α-hetero) is 1. The number of aromatic nitrogens is 1. The summed E-state index contributed by atoms with van der Waals surface area (Å²) in [5.41, 5.74) is 1.81. The molecule has 0 spiro atoms. The van der Waals surface area contributed by atoms with Gasteiger partial charge in [-0.15, -0.1) is 0 Å². The van der Waals surface area contributed by atoms with E-state index >= 15 is 0 Å². The van der Waals surface area contributed by atoms with Crippen molar-refractivity contribution in [3.8, 4) is 5.75 Å². The van der Waals surface area contributed by atoms with Crippen LogP contribution in [-0.4, -0.2) is 33.3 Å². The van der Waals surface area contributed by atoms with E-state index in [2.05, 4.69) is 4.98 Å². The van der Waals surface area contributed by atoms with Crippen LogP contribution in [0.4, 0.5) is 0 Å². The van der Waals surface area contributed by atoms with Crippen LogP contribution in [0.25, 0.3) is 5.76 Å². The average molecular weight is 463 g/mol. The number of carbonyl (C=O) groups is 2. The lowest BCUT2D eigenvalue weighted by atomic mass is 9.95. The van der Waals surface area contributed by atoms with Crippen LogP contribution in [0.1, 0.15) is 36.1 Å². The number of carbonyl (C=O) groups excluding carboxylic acids is 2. The molecule has 1 aliphatic rings. The number of ether oxygens (including phenoxy) is 1. The van der Waals surface area contributed by atoms with E-state index < -0.39 is 17.7 Å². The highest BCUT2D eigenvalue weighted by molar-refractivity contribution is 6.46. The largest absolute Gasteiger partial charge is 0.507 e. The first kappa shape index (κ1) is 22.6. The molecule has 1 aliphatic heterocycles.